The normalized spacial score (nSPS) is 12.5. The highest BCUT2D eigenvalue weighted by molar-refractivity contribution is 5.81. The minimum atomic E-state index is -0.0309. The topological polar surface area (TPSA) is 32.3 Å². The number of carbonyl (C=O) groups excluding carboxylic acids is 1. The number of rotatable bonds is 17. The zero-order chi connectivity index (χ0) is 18.0. The summed E-state index contributed by atoms with van der Waals surface area (Å²) in [6.07, 6.45) is 19.2. The minimum Gasteiger partial charge on any atom is -0.355 e. The Labute approximate surface area is 152 Å². The van der Waals surface area contributed by atoms with Gasteiger partial charge in [0, 0.05) is 6.54 Å². The van der Waals surface area contributed by atoms with Crippen LogP contribution >= 0.6 is 0 Å². The number of carbonyl (C=O) groups is 1. The molecule has 1 unspecified atom stereocenters. The van der Waals surface area contributed by atoms with Crippen LogP contribution in [0.5, 0.6) is 0 Å². The third-order valence-electron chi connectivity index (χ3n) is 4.98. The minimum absolute atomic E-state index is 0.0309. The van der Waals surface area contributed by atoms with Crippen molar-refractivity contribution in [2.75, 3.05) is 20.6 Å². The molecule has 0 saturated carbocycles. The lowest BCUT2D eigenvalue weighted by atomic mass is 10.0. The standard InChI is InChI=1S/C21H44N2O/c1-5-6-7-8-9-10-11-12-13-14-15-16-17-18-19-22-21(24)20(2)23(3)4/h20H,5-19H2,1-4H3,(H,22,24). The first-order chi connectivity index (χ1) is 11.6. The Morgan fingerprint density at radius 1 is 0.750 bits per heavy atom. The third-order valence-corrected chi connectivity index (χ3v) is 4.98. The van der Waals surface area contributed by atoms with E-state index in [1.807, 2.05) is 25.9 Å². The van der Waals surface area contributed by atoms with Gasteiger partial charge in [0.05, 0.1) is 6.04 Å². The van der Waals surface area contributed by atoms with Gasteiger partial charge in [0.2, 0.25) is 5.91 Å². The molecule has 0 spiro atoms. The largest absolute Gasteiger partial charge is 0.355 e. The van der Waals surface area contributed by atoms with Crippen LogP contribution in [0.4, 0.5) is 0 Å². The van der Waals surface area contributed by atoms with Crippen LogP contribution < -0.4 is 5.32 Å². The second-order valence-electron chi connectivity index (χ2n) is 7.53. The number of hydrogen-bond donors (Lipinski definition) is 1. The van der Waals surface area contributed by atoms with Crippen molar-refractivity contribution in [1.29, 1.82) is 0 Å². The van der Waals surface area contributed by atoms with Crippen LogP contribution in [0.15, 0.2) is 0 Å². The van der Waals surface area contributed by atoms with Crippen molar-refractivity contribution < 1.29 is 4.79 Å². The van der Waals surface area contributed by atoms with Crippen LogP contribution in [0.1, 0.15) is 104 Å². The van der Waals surface area contributed by atoms with Gasteiger partial charge in [-0.05, 0) is 27.4 Å². The molecule has 1 N–H and O–H groups in total. The molecule has 0 aliphatic carbocycles. The fourth-order valence-corrected chi connectivity index (χ4v) is 2.91. The van der Waals surface area contributed by atoms with E-state index in [0.717, 1.165) is 13.0 Å². The maximum Gasteiger partial charge on any atom is 0.237 e. The number of nitrogens with zero attached hydrogens (tertiary/aromatic N) is 1. The van der Waals surface area contributed by atoms with Crippen molar-refractivity contribution in [2.45, 2.75) is 110 Å². The summed E-state index contributed by atoms with van der Waals surface area (Å²) in [5, 5.41) is 3.03. The summed E-state index contributed by atoms with van der Waals surface area (Å²) in [6, 6.07) is -0.0309. The van der Waals surface area contributed by atoms with E-state index in [4.69, 9.17) is 0 Å². The number of nitrogens with one attached hydrogen (secondary N) is 1. The van der Waals surface area contributed by atoms with Crippen molar-refractivity contribution in [3.8, 4) is 0 Å². The summed E-state index contributed by atoms with van der Waals surface area (Å²) >= 11 is 0. The van der Waals surface area contributed by atoms with Gasteiger partial charge < -0.3 is 5.32 Å². The van der Waals surface area contributed by atoms with Crippen molar-refractivity contribution in [3.63, 3.8) is 0 Å². The Morgan fingerprint density at radius 2 is 1.12 bits per heavy atom. The van der Waals surface area contributed by atoms with Gasteiger partial charge in [-0.1, -0.05) is 90.4 Å². The van der Waals surface area contributed by atoms with Crippen molar-refractivity contribution in [2.24, 2.45) is 0 Å². The summed E-state index contributed by atoms with van der Waals surface area (Å²) in [7, 11) is 3.88. The predicted octanol–water partition coefficient (Wildman–Crippen LogP) is 5.53. The molecular weight excluding hydrogens is 296 g/mol. The molecule has 144 valence electrons. The van der Waals surface area contributed by atoms with Gasteiger partial charge in [0.25, 0.3) is 0 Å². The fourth-order valence-electron chi connectivity index (χ4n) is 2.91. The summed E-state index contributed by atoms with van der Waals surface area (Å²) < 4.78 is 0. The van der Waals surface area contributed by atoms with Gasteiger partial charge in [-0.3, -0.25) is 9.69 Å². The molecule has 0 aromatic rings. The van der Waals surface area contributed by atoms with Crippen LogP contribution in [-0.4, -0.2) is 37.5 Å². The van der Waals surface area contributed by atoms with E-state index in [1.54, 1.807) is 0 Å². The molecule has 0 fully saturated rings. The highest BCUT2D eigenvalue weighted by atomic mass is 16.2. The SMILES string of the molecule is CCCCCCCCCCCCCCCCNC(=O)C(C)N(C)C. The molecule has 0 aromatic carbocycles. The smallest absolute Gasteiger partial charge is 0.237 e. The maximum absolute atomic E-state index is 11.8. The van der Waals surface area contributed by atoms with E-state index in [1.165, 1.54) is 83.5 Å². The number of unbranched alkanes of at least 4 members (excludes halogenated alkanes) is 13. The Bertz CT molecular complexity index is 279. The van der Waals surface area contributed by atoms with Gasteiger partial charge in [-0.2, -0.15) is 0 Å². The average Bonchev–Trinajstić information content (AvgIpc) is 2.57. The van der Waals surface area contributed by atoms with Crippen LogP contribution in [0.25, 0.3) is 0 Å². The molecule has 0 bridgehead atoms. The molecule has 3 heteroatoms. The van der Waals surface area contributed by atoms with E-state index in [-0.39, 0.29) is 11.9 Å². The third kappa shape index (κ3) is 15.0. The monoisotopic (exact) mass is 340 g/mol. The van der Waals surface area contributed by atoms with Crippen molar-refractivity contribution in [3.05, 3.63) is 0 Å². The molecule has 1 atom stereocenters. The quantitative estimate of drug-likeness (QED) is 0.353. The lowest BCUT2D eigenvalue weighted by molar-refractivity contribution is -0.124. The van der Waals surface area contributed by atoms with Crippen LogP contribution in [-0.2, 0) is 4.79 Å². The second kappa shape index (κ2) is 17.3. The van der Waals surface area contributed by atoms with E-state index < -0.39 is 0 Å². The predicted molar refractivity (Wildman–Crippen MR) is 106 cm³/mol. The van der Waals surface area contributed by atoms with Crippen LogP contribution in [0, 0.1) is 0 Å². The Hall–Kier alpha value is -0.570. The maximum atomic E-state index is 11.8. The lowest BCUT2D eigenvalue weighted by Crippen LogP contribution is -2.41. The molecule has 0 aliphatic heterocycles. The molecular formula is C21H44N2O. The molecule has 0 saturated heterocycles. The van der Waals surface area contributed by atoms with E-state index >= 15 is 0 Å². The molecule has 0 heterocycles. The molecule has 3 nitrogen and oxygen atoms in total. The average molecular weight is 341 g/mol. The fraction of sp³-hybridized carbons (Fsp3) is 0.952. The van der Waals surface area contributed by atoms with Crippen molar-refractivity contribution >= 4 is 5.91 Å². The first-order valence-electron chi connectivity index (χ1n) is 10.5. The molecule has 0 radical (unpaired) electrons. The highest BCUT2D eigenvalue weighted by Crippen LogP contribution is 2.12. The van der Waals surface area contributed by atoms with Crippen molar-refractivity contribution in [1.82, 2.24) is 10.2 Å². The zero-order valence-electron chi connectivity index (χ0n) is 17.0. The second-order valence-corrected chi connectivity index (χ2v) is 7.53. The highest BCUT2D eigenvalue weighted by Gasteiger charge is 2.13. The van der Waals surface area contributed by atoms with E-state index in [0.29, 0.717) is 0 Å². The Balaban J connectivity index is 3.17. The number of hydrogen-bond acceptors (Lipinski definition) is 2. The van der Waals surface area contributed by atoms with Crippen LogP contribution in [0.3, 0.4) is 0 Å². The zero-order valence-corrected chi connectivity index (χ0v) is 17.0. The molecule has 24 heavy (non-hydrogen) atoms. The molecule has 0 rings (SSSR count). The molecule has 0 aromatic heterocycles. The number of amides is 1. The summed E-state index contributed by atoms with van der Waals surface area (Å²) in [5.74, 6) is 0.148. The number of likely N-dealkylation sites (N-methyl/N-ethyl adjacent to an activating group) is 1. The van der Waals surface area contributed by atoms with E-state index in [2.05, 4.69) is 12.2 Å². The molecule has 0 aliphatic rings. The van der Waals surface area contributed by atoms with Gasteiger partial charge >= 0.3 is 0 Å². The van der Waals surface area contributed by atoms with Gasteiger partial charge in [-0.15, -0.1) is 0 Å². The van der Waals surface area contributed by atoms with E-state index in [9.17, 15) is 4.79 Å². The summed E-state index contributed by atoms with van der Waals surface area (Å²) in [4.78, 5) is 13.7. The van der Waals surface area contributed by atoms with Gasteiger partial charge in [-0.25, -0.2) is 0 Å². The Kier molecular flexibility index (Phi) is 16.8. The van der Waals surface area contributed by atoms with Gasteiger partial charge in [0.15, 0.2) is 0 Å². The first-order valence-corrected chi connectivity index (χ1v) is 10.5. The molecule has 1 amide bonds. The summed E-state index contributed by atoms with van der Waals surface area (Å²) in [5.41, 5.74) is 0. The Morgan fingerprint density at radius 3 is 1.50 bits per heavy atom. The lowest BCUT2D eigenvalue weighted by Gasteiger charge is -2.18. The first kappa shape index (κ1) is 23.4. The van der Waals surface area contributed by atoms with Gasteiger partial charge in [0.1, 0.15) is 0 Å². The summed E-state index contributed by atoms with van der Waals surface area (Å²) in [6.45, 7) is 5.05. The van der Waals surface area contributed by atoms with Crippen LogP contribution in [0.2, 0.25) is 0 Å².